The molecular weight excluding hydrogens is 258 g/mol. The molecule has 1 aromatic heterocycles. The molecule has 2 fully saturated rings. The highest BCUT2D eigenvalue weighted by Gasteiger charge is 2.27. The predicted molar refractivity (Wildman–Crippen MR) is 87.4 cm³/mol. The molecule has 1 N–H and O–H groups in total. The van der Waals surface area contributed by atoms with Crippen molar-refractivity contribution in [3.63, 3.8) is 0 Å². The highest BCUT2D eigenvalue weighted by Crippen LogP contribution is 2.29. The Morgan fingerprint density at radius 2 is 2.10 bits per heavy atom. The van der Waals surface area contributed by atoms with Crippen molar-refractivity contribution in [3.8, 4) is 0 Å². The van der Waals surface area contributed by atoms with Crippen LogP contribution in [0.3, 0.4) is 0 Å². The molecule has 0 radical (unpaired) electrons. The Morgan fingerprint density at radius 1 is 1.33 bits per heavy atom. The van der Waals surface area contributed by atoms with Gasteiger partial charge in [0, 0.05) is 30.6 Å². The minimum Gasteiger partial charge on any atom is -0.313 e. The molecule has 21 heavy (non-hydrogen) atoms. The van der Waals surface area contributed by atoms with Crippen LogP contribution in [0.1, 0.15) is 63.6 Å². The summed E-state index contributed by atoms with van der Waals surface area (Å²) in [6.45, 7) is 7.35. The van der Waals surface area contributed by atoms with Crippen LogP contribution < -0.4 is 5.32 Å². The fourth-order valence-electron chi connectivity index (χ4n) is 3.31. The summed E-state index contributed by atoms with van der Waals surface area (Å²) in [7, 11) is 0. The first-order chi connectivity index (χ1) is 10.2. The summed E-state index contributed by atoms with van der Waals surface area (Å²) in [6, 6.07) is 3.59. The zero-order valence-corrected chi connectivity index (χ0v) is 13.4. The minimum absolute atomic E-state index is 0.105. The van der Waals surface area contributed by atoms with Crippen LogP contribution in [0.5, 0.6) is 0 Å². The Morgan fingerprint density at radius 3 is 2.76 bits per heavy atom. The maximum atomic E-state index is 4.85. The fraction of sp³-hybridized carbons (Fsp3) is 0.722. The second-order valence-corrected chi connectivity index (χ2v) is 7.27. The zero-order chi connectivity index (χ0) is 14.7. The third kappa shape index (κ3) is 3.97. The second kappa shape index (κ2) is 6.35. The summed E-state index contributed by atoms with van der Waals surface area (Å²) in [5.41, 5.74) is 1.31. The van der Waals surface area contributed by atoms with E-state index >= 15 is 0 Å². The van der Waals surface area contributed by atoms with Crippen molar-refractivity contribution in [1.82, 2.24) is 15.1 Å². The largest absolute Gasteiger partial charge is 0.313 e. The Balaban J connectivity index is 1.59. The maximum Gasteiger partial charge on any atom is 0.0633 e. The molecule has 0 aromatic carbocycles. The van der Waals surface area contributed by atoms with E-state index in [1.807, 2.05) is 0 Å². The number of hydrogen-bond donors (Lipinski definition) is 1. The van der Waals surface area contributed by atoms with Crippen LogP contribution in [-0.2, 0) is 6.42 Å². The van der Waals surface area contributed by atoms with Crippen molar-refractivity contribution in [1.29, 1.82) is 0 Å². The van der Waals surface area contributed by atoms with Gasteiger partial charge in [0.05, 0.1) is 11.7 Å². The molecule has 0 amide bonds. The van der Waals surface area contributed by atoms with E-state index in [9.17, 15) is 0 Å². The first-order valence-electron chi connectivity index (χ1n) is 8.59. The summed E-state index contributed by atoms with van der Waals surface area (Å²) in [6.07, 6.45) is 14.6. The lowest BCUT2D eigenvalue weighted by molar-refractivity contribution is 0.324. The third-order valence-corrected chi connectivity index (χ3v) is 5.06. The molecule has 3 nitrogen and oxygen atoms in total. The highest BCUT2D eigenvalue weighted by molar-refractivity contribution is 5.08. The van der Waals surface area contributed by atoms with Gasteiger partial charge in [-0.1, -0.05) is 32.3 Å². The van der Waals surface area contributed by atoms with E-state index in [4.69, 9.17) is 5.10 Å². The van der Waals surface area contributed by atoms with Gasteiger partial charge >= 0.3 is 0 Å². The first kappa shape index (κ1) is 14.8. The van der Waals surface area contributed by atoms with E-state index in [-0.39, 0.29) is 5.41 Å². The monoisotopic (exact) mass is 287 g/mol. The fourth-order valence-corrected chi connectivity index (χ4v) is 3.31. The summed E-state index contributed by atoms with van der Waals surface area (Å²) in [4.78, 5) is 0. The number of nitrogens with zero attached hydrogens (tertiary/aromatic N) is 2. The molecule has 0 spiro atoms. The standard InChI is InChI=1S/C18H29N3/c1-3-18(2,14-19-15-9-10-15)13-16-11-12-21(20-16)17-7-5-4-6-8-17/h3,11-12,15,17,19H,1,4-10,13-14H2,2H3. The molecule has 0 aliphatic heterocycles. The molecule has 3 heteroatoms. The van der Waals surface area contributed by atoms with Crippen LogP contribution in [0, 0.1) is 5.41 Å². The smallest absolute Gasteiger partial charge is 0.0633 e. The van der Waals surface area contributed by atoms with E-state index in [2.05, 4.69) is 41.8 Å². The van der Waals surface area contributed by atoms with Gasteiger partial charge < -0.3 is 5.32 Å². The van der Waals surface area contributed by atoms with Gasteiger partial charge in [0.1, 0.15) is 0 Å². The van der Waals surface area contributed by atoms with E-state index in [1.165, 1.54) is 50.6 Å². The van der Waals surface area contributed by atoms with E-state index in [1.54, 1.807) is 0 Å². The van der Waals surface area contributed by atoms with Gasteiger partial charge in [0.15, 0.2) is 0 Å². The van der Waals surface area contributed by atoms with Gasteiger partial charge in [-0.05, 0) is 31.7 Å². The molecule has 3 rings (SSSR count). The van der Waals surface area contributed by atoms with E-state index < -0.39 is 0 Å². The minimum atomic E-state index is 0.105. The summed E-state index contributed by atoms with van der Waals surface area (Å²) >= 11 is 0. The highest BCUT2D eigenvalue weighted by atomic mass is 15.3. The normalized spacial score (nSPS) is 22.9. The SMILES string of the molecule is C=CC(C)(CNC1CC1)Cc1ccn(C2CCCCC2)n1. The molecule has 2 aliphatic rings. The molecule has 116 valence electrons. The van der Waals surface area contributed by atoms with Crippen LogP contribution >= 0.6 is 0 Å². The van der Waals surface area contributed by atoms with Gasteiger partial charge in [0.2, 0.25) is 0 Å². The van der Waals surface area contributed by atoms with Crippen molar-refractivity contribution in [2.24, 2.45) is 5.41 Å². The first-order valence-corrected chi connectivity index (χ1v) is 8.59. The summed E-state index contributed by atoms with van der Waals surface area (Å²) in [5.74, 6) is 0. The molecule has 2 saturated carbocycles. The van der Waals surface area contributed by atoms with Gasteiger partial charge in [-0.3, -0.25) is 4.68 Å². The number of nitrogens with one attached hydrogen (secondary N) is 1. The lowest BCUT2D eigenvalue weighted by Gasteiger charge is -2.25. The molecule has 1 unspecified atom stereocenters. The Hall–Kier alpha value is -1.09. The lowest BCUT2D eigenvalue weighted by atomic mass is 9.85. The average Bonchev–Trinajstić information content (AvgIpc) is 3.25. The average molecular weight is 287 g/mol. The Labute approximate surface area is 128 Å². The molecule has 0 bridgehead atoms. The van der Waals surface area contributed by atoms with Crippen molar-refractivity contribution in [3.05, 3.63) is 30.6 Å². The number of hydrogen-bond acceptors (Lipinski definition) is 2. The van der Waals surface area contributed by atoms with E-state index in [0.29, 0.717) is 6.04 Å². The number of aromatic nitrogens is 2. The van der Waals surface area contributed by atoms with Crippen LogP contribution in [0.2, 0.25) is 0 Å². The van der Waals surface area contributed by atoms with Crippen molar-refractivity contribution >= 4 is 0 Å². The second-order valence-electron chi connectivity index (χ2n) is 7.27. The molecule has 1 atom stereocenters. The van der Waals surface area contributed by atoms with Gasteiger partial charge in [-0.15, -0.1) is 6.58 Å². The topological polar surface area (TPSA) is 29.9 Å². The van der Waals surface area contributed by atoms with Gasteiger partial charge in [0.25, 0.3) is 0 Å². The Kier molecular flexibility index (Phi) is 4.48. The quantitative estimate of drug-likeness (QED) is 0.771. The predicted octanol–water partition coefficient (Wildman–Crippen LogP) is 3.88. The maximum absolute atomic E-state index is 4.85. The van der Waals surface area contributed by atoms with Crippen molar-refractivity contribution < 1.29 is 0 Å². The van der Waals surface area contributed by atoms with Gasteiger partial charge in [-0.25, -0.2) is 0 Å². The number of rotatable bonds is 7. The summed E-state index contributed by atoms with van der Waals surface area (Å²) in [5, 5.41) is 8.48. The van der Waals surface area contributed by atoms with Crippen LogP contribution in [0.4, 0.5) is 0 Å². The van der Waals surface area contributed by atoms with E-state index in [0.717, 1.165) is 19.0 Å². The molecule has 1 aromatic rings. The molecule has 1 heterocycles. The summed E-state index contributed by atoms with van der Waals surface area (Å²) < 4.78 is 2.21. The van der Waals surface area contributed by atoms with Crippen LogP contribution in [-0.4, -0.2) is 22.4 Å². The van der Waals surface area contributed by atoms with Crippen LogP contribution in [0.25, 0.3) is 0 Å². The lowest BCUT2D eigenvalue weighted by Crippen LogP contribution is -2.33. The van der Waals surface area contributed by atoms with Crippen molar-refractivity contribution in [2.75, 3.05) is 6.54 Å². The molecule has 2 aliphatic carbocycles. The molecule has 0 saturated heterocycles. The Bertz CT molecular complexity index is 469. The molecular formula is C18H29N3. The van der Waals surface area contributed by atoms with Crippen molar-refractivity contribution in [2.45, 2.75) is 70.4 Å². The van der Waals surface area contributed by atoms with Gasteiger partial charge in [-0.2, -0.15) is 5.10 Å². The zero-order valence-electron chi connectivity index (χ0n) is 13.4. The third-order valence-electron chi connectivity index (χ3n) is 5.06. The van der Waals surface area contributed by atoms with Crippen LogP contribution in [0.15, 0.2) is 24.9 Å².